The maximum atomic E-state index is 14.0. The Balaban J connectivity index is 1.71. The summed E-state index contributed by atoms with van der Waals surface area (Å²) in [7, 11) is -8.22. The monoisotopic (exact) mass is 645 g/mol. The van der Waals surface area contributed by atoms with Gasteiger partial charge in [-0.2, -0.15) is 0 Å². The minimum Gasteiger partial charge on any atom is -0.331 e. The third kappa shape index (κ3) is 6.19. The van der Waals surface area contributed by atoms with Gasteiger partial charge in [0.15, 0.2) is 0 Å². The van der Waals surface area contributed by atoms with E-state index < -0.39 is 31.5 Å². The quantitative estimate of drug-likeness (QED) is 0.213. The van der Waals surface area contributed by atoms with Gasteiger partial charge in [0.1, 0.15) is 10.8 Å². The molecule has 0 atom stereocenters. The first-order valence-electron chi connectivity index (χ1n) is 12.1. The molecule has 0 saturated carbocycles. The highest BCUT2D eigenvalue weighted by Crippen LogP contribution is 2.36. The molecule has 5 rings (SSSR count). The number of carbonyl (C=O) groups is 1. The van der Waals surface area contributed by atoms with Gasteiger partial charge < -0.3 is 9.55 Å². The van der Waals surface area contributed by atoms with E-state index in [9.17, 15) is 26.4 Å². The lowest BCUT2D eigenvalue weighted by Gasteiger charge is -2.14. The molecule has 0 unspecified atom stereocenters. The van der Waals surface area contributed by atoms with Gasteiger partial charge in [0.25, 0.3) is 21.5 Å². The number of anilines is 1. The van der Waals surface area contributed by atoms with Gasteiger partial charge in [0, 0.05) is 51.7 Å². The molecule has 1 amide bonds. The predicted molar refractivity (Wildman–Crippen MR) is 161 cm³/mol. The van der Waals surface area contributed by atoms with Gasteiger partial charge in [-0.1, -0.05) is 29.3 Å². The molecule has 216 valence electrons. The van der Waals surface area contributed by atoms with Crippen LogP contribution in [0.4, 0.5) is 5.69 Å². The summed E-state index contributed by atoms with van der Waals surface area (Å²) in [6.45, 7) is 0.0572. The van der Waals surface area contributed by atoms with Crippen LogP contribution in [0.2, 0.25) is 10.2 Å². The van der Waals surface area contributed by atoms with Crippen molar-refractivity contribution in [3.8, 4) is 11.1 Å². The molecule has 0 fully saturated rings. The average Bonchev–Trinajstić information content (AvgIpc) is 3.21. The predicted octanol–water partition coefficient (Wildman–Crippen LogP) is 4.24. The van der Waals surface area contributed by atoms with E-state index in [-0.39, 0.29) is 39.1 Å². The van der Waals surface area contributed by atoms with Gasteiger partial charge in [0.2, 0.25) is 10.0 Å². The second kappa shape index (κ2) is 11.2. The molecule has 11 nitrogen and oxygen atoms in total. The number of nitrogens with one attached hydrogen (secondary N) is 3. The summed E-state index contributed by atoms with van der Waals surface area (Å²) in [6, 6.07) is 16.2. The van der Waals surface area contributed by atoms with Crippen molar-refractivity contribution >= 4 is 65.7 Å². The summed E-state index contributed by atoms with van der Waals surface area (Å²) in [4.78, 5) is 33.1. The van der Waals surface area contributed by atoms with Gasteiger partial charge >= 0.3 is 0 Å². The van der Waals surface area contributed by atoms with Crippen LogP contribution in [0.25, 0.3) is 22.0 Å². The third-order valence-electron chi connectivity index (χ3n) is 6.13. The van der Waals surface area contributed by atoms with Crippen LogP contribution in [-0.2, 0) is 26.6 Å². The van der Waals surface area contributed by atoms with Crippen molar-refractivity contribution in [3.05, 3.63) is 111 Å². The van der Waals surface area contributed by atoms with Gasteiger partial charge in [0.05, 0.1) is 11.2 Å². The highest BCUT2D eigenvalue weighted by Gasteiger charge is 2.29. The van der Waals surface area contributed by atoms with Crippen molar-refractivity contribution in [1.82, 2.24) is 19.3 Å². The van der Waals surface area contributed by atoms with Crippen molar-refractivity contribution in [1.29, 1.82) is 0 Å². The van der Waals surface area contributed by atoms with Gasteiger partial charge in [-0.15, -0.1) is 0 Å². The molecular formula is C27H21Cl2N5O6S2. The Labute approximate surface area is 250 Å². The fourth-order valence-corrected chi connectivity index (χ4v) is 6.43. The minimum atomic E-state index is -4.53. The number of rotatable bonds is 8. The summed E-state index contributed by atoms with van der Waals surface area (Å²) >= 11 is 12.4. The minimum absolute atomic E-state index is 0.0114. The van der Waals surface area contributed by atoms with Crippen molar-refractivity contribution in [3.63, 3.8) is 0 Å². The van der Waals surface area contributed by atoms with Gasteiger partial charge in [-0.05, 0) is 66.2 Å². The molecule has 3 aromatic heterocycles. The Morgan fingerprint density at radius 3 is 2.50 bits per heavy atom. The average molecular weight is 647 g/mol. The number of pyridine rings is 2. The molecule has 0 spiro atoms. The molecule has 3 N–H and O–H groups in total. The lowest BCUT2D eigenvalue weighted by molar-refractivity contribution is 0.0974. The Morgan fingerprint density at radius 2 is 1.79 bits per heavy atom. The number of hydrogen-bond donors (Lipinski definition) is 3. The first-order valence-corrected chi connectivity index (χ1v) is 16.2. The molecule has 0 aliphatic heterocycles. The van der Waals surface area contributed by atoms with Crippen LogP contribution < -0.4 is 15.0 Å². The largest absolute Gasteiger partial charge is 0.331 e. The highest BCUT2D eigenvalue weighted by atomic mass is 35.5. The fraction of sp³-hybridized carbons (Fsp3) is 0.0741. The number of sulfonamides is 2. The number of carbonyl (C=O) groups excluding carboxylic acids is 1. The molecule has 15 heteroatoms. The van der Waals surface area contributed by atoms with Crippen molar-refractivity contribution < 1.29 is 21.6 Å². The van der Waals surface area contributed by atoms with E-state index in [2.05, 4.69) is 19.4 Å². The number of halogens is 2. The van der Waals surface area contributed by atoms with Gasteiger partial charge in [-0.3, -0.25) is 14.3 Å². The van der Waals surface area contributed by atoms with Crippen molar-refractivity contribution in [2.24, 2.45) is 0 Å². The number of nitrogens with zero attached hydrogens (tertiary/aromatic N) is 2. The maximum Gasteiger partial charge on any atom is 0.282 e. The van der Waals surface area contributed by atoms with E-state index in [0.717, 1.165) is 12.3 Å². The zero-order valence-electron chi connectivity index (χ0n) is 21.6. The van der Waals surface area contributed by atoms with Crippen molar-refractivity contribution in [2.45, 2.75) is 11.4 Å². The summed E-state index contributed by atoms with van der Waals surface area (Å²) in [5, 5.41) is 0.971. The Kier molecular flexibility index (Phi) is 7.86. The number of amides is 1. The number of hydrogen-bond acceptors (Lipinski definition) is 7. The molecule has 0 aliphatic rings. The molecule has 42 heavy (non-hydrogen) atoms. The SMILES string of the molecule is CS(=O)(=O)Nc1cccc(S(=O)(=O)NC(=O)c2c(-c3ccc[nH]c3=O)c3cc(Cl)ccc3n2Cc2ccnc(Cl)c2)c1. The number of aromatic nitrogens is 3. The molecule has 5 aromatic rings. The van der Waals surface area contributed by atoms with Crippen LogP contribution in [0.15, 0.2) is 88.8 Å². The zero-order chi connectivity index (χ0) is 30.2. The maximum absolute atomic E-state index is 14.0. The Hall–Kier alpha value is -4.17. The molecule has 0 saturated heterocycles. The summed E-state index contributed by atoms with van der Waals surface area (Å²) < 4.78 is 56.0. The number of fused-ring (bicyclic) bond motifs is 1. The van der Waals surface area contributed by atoms with Crippen LogP contribution in [0, 0.1) is 0 Å². The van der Waals surface area contributed by atoms with Crippen LogP contribution in [0.3, 0.4) is 0 Å². The van der Waals surface area contributed by atoms with Crippen LogP contribution >= 0.6 is 23.2 Å². The van der Waals surface area contributed by atoms with Crippen LogP contribution in [0.1, 0.15) is 16.1 Å². The molecule has 0 bridgehead atoms. The van der Waals surface area contributed by atoms with Crippen LogP contribution in [-0.4, -0.2) is 43.5 Å². The normalized spacial score (nSPS) is 11.9. The standard InChI is InChI=1S/C27H21Cl2N5O6S2/c1-41(37,38)32-18-4-2-5-19(14-18)42(39,40)33-27(36)25-24(20-6-3-10-31-26(20)35)21-13-17(28)7-8-22(21)34(25)15-16-9-11-30-23(29)12-16/h2-14,32H,15H2,1H3,(H,31,35)(H,33,36). The fourth-order valence-electron chi connectivity index (χ4n) is 4.51. The molecule has 0 radical (unpaired) electrons. The lowest BCUT2D eigenvalue weighted by atomic mass is 10.0. The van der Waals surface area contributed by atoms with E-state index in [1.165, 1.54) is 36.7 Å². The van der Waals surface area contributed by atoms with Crippen LogP contribution in [0.5, 0.6) is 0 Å². The van der Waals surface area contributed by atoms with E-state index in [0.29, 0.717) is 21.5 Å². The smallest absolute Gasteiger partial charge is 0.282 e. The summed E-state index contributed by atoms with van der Waals surface area (Å²) in [5.41, 5.74) is 0.751. The van der Waals surface area contributed by atoms with E-state index in [1.54, 1.807) is 41.0 Å². The topological polar surface area (TPSA) is 160 Å². The first kappa shape index (κ1) is 29.3. The molecular weight excluding hydrogens is 625 g/mol. The molecule has 3 heterocycles. The summed E-state index contributed by atoms with van der Waals surface area (Å²) in [6.07, 6.45) is 3.84. The first-order chi connectivity index (χ1) is 19.8. The van der Waals surface area contributed by atoms with E-state index in [1.807, 2.05) is 0 Å². The Bertz CT molecular complexity index is 2140. The second-order valence-electron chi connectivity index (χ2n) is 9.21. The number of aromatic amines is 1. The number of H-pyrrole nitrogens is 1. The van der Waals surface area contributed by atoms with E-state index in [4.69, 9.17) is 23.2 Å². The van der Waals surface area contributed by atoms with E-state index >= 15 is 0 Å². The molecule has 2 aromatic carbocycles. The van der Waals surface area contributed by atoms with Gasteiger partial charge in [-0.25, -0.2) is 26.5 Å². The molecule has 0 aliphatic carbocycles. The third-order valence-corrected chi connectivity index (χ3v) is 8.51. The highest BCUT2D eigenvalue weighted by molar-refractivity contribution is 7.92. The Morgan fingerprint density at radius 1 is 1.00 bits per heavy atom. The number of benzene rings is 2. The summed E-state index contributed by atoms with van der Waals surface area (Å²) in [5.74, 6) is -1.04. The van der Waals surface area contributed by atoms with Crippen molar-refractivity contribution in [2.75, 3.05) is 11.0 Å². The zero-order valence-corrected chi connectivity index (χ0v) is 24.8. The second-order valence-corrected chi connectivity index (χ2v) is 13.5. The lowest BCUT2D eigenvalue weighted by Crippen LogP contribution is -2.33.